The summed E-state index contributed by atoms with van der Waals surface area (Å²) in [5.41, 5.74) is 6.87. The van der Waals surface area contributed by atoms with E-state index in [1.807, 2.05) is 0 Å². The molecule has 1 rings (SSSR count). The van der Waals surface area contributed by atoms with Crippen molar-refractivity contribution < 1.29 is 0 Å². The van der Waals surface area contributed by atoms with Gasteiger partial charge in [0.2, 0.25) is 0 Å². The number of rotatable bonds is 4. The molecule has 12 heavy (non-hydrogen) atoms. The third-order valence-corrected chi connectivity index (χ3v) is 2.87. The molecular weight excluding hydrogens is 168 g/mol. The molecule has 0 aliphatic carbocycles. The highest BCUT2D eigenvalue weighted by atomic mass is 32.1. The third kappa shape index (κ3) is 2.30. The molecule has 2 N–H and O–H groups in total. The Morgan fingerprint density at radius 2 is 2.42 bits per heavy atom. The van der Waals surface area contributed by atoms with E-state index in [1.54, 1.807) is 11.3 Å². The van der Waals surface area contributed by atoms with Crippen LogP contribution in [0.5, 0.6) is 0 Å². The molecule has 0 radical (unpaired) electrons. The topological polar surface area (TPSA) is 29.3 Å². The number of thiophene rings is 1. The van der Waals surface area contributed by atoms with Gasteiger partial charge in [0.1, 0.15) is 0 Å². The normalized spacial score (nSPS) is 13.7. The Balaban J connectivity index is 2.53. The lowest BCUT2D eigenvalue weighted by Crippen LogP contribution is -2.27. The van der Waals surface area contributed by atoms with Crippen LogP contribution in [-0.4, -0.2) is 25.0 Å². The fourth-order valence-electron chi connectivity index (χ4n) is 1.16. The monoisotopic (exact) mass is 184 g/mol. The fourth-order valence-corrected chi connectivity index (χ4v) is 1.91. The van der Waals surface area contributed by atoms with Crippen molar-refractivity contribution >= 4 is 11.3 Å². The van der Waals surface area contributed by atoms with Gasteiger partial charge in [-0.15, -0.1) is 0 Å². The van der Waals surface area contributed by atoms with Crippen molar-refractivity contribution in [1.29, 1.82) is 0 Å². The Kier molecular flexibility index (Phi) is 3.72. The molecule has 0 aliphatic rings. The maximum atomic E-state index is 5.48. The Bertz CT molecular complexity index is 208. The fraction of sp³-hybridized carbons (Fsp3) is 0.556. The van der Waals surface area contributed by atoms with Gasteiger partial charge < -0.3 is 5.73 Å². The molecule has 1 unspecified atom stereocenters. The van der Waals surface area contributed by atoms with Gasteiger partial charge >= 0.3 is 0 Å². The molecule has 3 heteroatoms. The van der Waals surface area contributed by atoms with Crippen LogP contribution in [0.1, 0.15) is 18.5 Å². The van der Waals surface area contributed by atoms with Crippen molar-refractivity contribution in [3.63, 3.8) is 0 Å². The van der Waals surface area contributed by atoms with Crippen LogP contribution < -0.4 is 5.73 Å². The molecule has 0 amide bonds. The zero-order chi connectivity index (χ0) is 8.97. The van der Waals surface area contributed by atoms with Gasteiger partial charge in [-0.05, 0) is 36.4 Å². The number of hydrogen-bond acceptors (Lipinski definition) is 3. The first-order chi connectivity index (χ1) is 5.75. The van der Waals surface area contributed by atoms with E-state index < -0.39 is 0 Å². The molecule has 0 bridgehead atoms. The highest BCUT2D eigenvalue weighted by Gasteiger charge is 2.09. The van der Waals surface area contributed by atoms with Gasteiger partial charge in [0.05, 0.1) is 0 Å². The number of nitrogens with two attached hydrogens (primary N) is 1. The van der Waals surface area contributed by atoms with Crippen molar-refractivity contribution in [3.8, 4) is 0 Å². The van der Waals surface area contributed by atoms with E-state index in [0.717, 1.165) is 13.1 Å². The van der Waals surface area contributed by atoms with Crippen molar-refractivity contribution in [2.75, 3.05) is 20.1 Å². The first kappa shape index (κ1) is 9.71. The molecule has 1 atom stereocenters. The van der Waals surface area contributed by atoms with Crippen molar-refractivity contribution in [3.05, 3.63) is 22.4 Å². The molecule has 0 saturated heterocycles. The quantitative estimate of drug-likeness (QED) is 0.771. The minimum atomic E-state index is 0.486. The van der Waals surface area contributed by atoms with Crippen LogP contribution in [0.15, 0.2) is 16.8 Å². The second-order valence-electron chi connectivity index (χ2n) is 3.00. The van der Waals surface area contributed by atoms with Crippen molar-refractivity contribution in [1.82, 2.24) is 4.90 Å². The molecule has 1 aromatic heterocycles. The largest absolute Gasteiger partial charge is 0.329 e. The van der Waals surface area contributed by atoms with Gasteiger partial charge in [0.15, 0.2) is 0 Å². The van der Waals surface area contributed by atoms with Gasteiger partial charge in [-0.3, -0.25) is 4.90 Å². The molecule has 0 aliphatic heterocycles. The highest BCUT2D eigenvalue weighted by molar-refractivity contribution is 7.07. The van der Waals surface area contributed by atoms with Crippen LogP contribution in [0.2, 0.25) is 0 Å². The smallest absolute Gasteiger partial charge is 0.0325 e. The summed E-state index contributed by atoms with van der Waals surface area (Å²) in [5.74, 6) is 0. The minimum absolute atomic E-state index is 0.486. The van der Waals surface area contributed by atoms with E-state index in [-0.39, 0.29) is 0 Å². The van der Waals surface area contributed by atoms with Gasteiger partial charge in [-0.25, -0.2) is 0 Å². The predicted octanol–water partition coefficient (Wildman–Crippen LogP) is 1.70. The Morgan fingerprint density at radius 3 is 2.92 bits per heavy atom. The SMILES string of the molecule is CC(c1ccsc1)N(C)CCN. The summed E-state index contributed by atoms with van der Waals surface area (Å²) in [6.45, 7) is 3.89. The average molecular weight is 184 g/mol. The van der Waals surface area contributed by atoms with E-state index in [1.165, 1.54) is 5.56 Å². The molecular formula is C9H16N2S. The Hall–Kier alpha value is -0.380. The first-order valence-electron chi connectivity index (χ1n) is 4.18. The molecule has 0 spiro atoms. The van der Waals surface area contributed by atoms with Crippen LogP contribution in [-0.2, 0) is 0 Å². The van der Waals surface area contributed by atoms with E-state index in [2.05, 4.69) is 35.7 Å². The van der Waals surface area contributed by atoms with E-state index in [4.69, 9.17) is 5.73 Å². The van der Waals surface area contributed by atoms with Crippen LogP contribution in [0.3, 0.4) is 0 Å². The number of likely N-dealkylation sites (N-methyl/N-ethyl adjacent to an activating group) is 1. The molecule has 1 heterocycles. The average Bonchev–Trinajstić information content (AvgIpc) is 2.55. The van der Waals surface area contributed by atoms with Gasteiger partial charge in [-0.1, -0.05) is 0 Å². The molecule has 68 valence electrons. The highest BCUT2D eigenvalue weighted by Crippen LogP contribution is 2.20. The van der Waals surface area contributed by atoms with Crippen LogP contribution in [0.4, 0.5) is 0 Å². The van der Waals surface area contributed by atoms with Crippen molar-refractivity contribution in [2.45, 2.75) is 13.0 Å². The Morgan fingerprint density at radius 1 is 1.67 bits per heavy atom. The second kappa shape index (κ2) is 4.60. The number of hydrogen-bond donors (Lipinski definition) is 1. The first-order valence-corrected chi connectivity index (χ1v) is 5.12. The zero-order valence-electron chi connectivity index (χ0n) is 7.66. The van der Waals surface area contributed by atoms with Crippen LogP contribution in [0.25, 0.3) is 0 Å². The maximum absolute atomic E-state index is 5.48. The van der Waals surface area contributed by atoms with E-state index >= 15 is 0 Å². The lowest BCUT2D eigenvalue weighted by Gasteiger charge is -2.23. The summed E-state index contributed by atoms with van der Waals surface area (Å²) in [7, 11) is 2.11. The third-order valence-electron chi connectivity index (χ3n) is 2.17. The standard InChI is InChI=1S/C9H16N2S/c1-8(11(2)5-4-10)9-3-6-12-7-9/h3,6-8H,4-5,10H2,1-2H3. The summed E-state index contributed by atoms with van der Waals surface area (Å²) in [5, 5.41) is 4.31. The molecule has 0 fully saturated rings. The van der Waals surface area contributed by atoms with Crippen molar-refractivity contribution in [2.24, 2.45) is 5.73 Å². The summed E-state index contributed by atoms with van der Waals surface area (Å²) >= 11 is 1.75. The second-order valence-corrected chi connectivity index (χ2v) is 3.78. The summed E-state index contributed by atoms with van der Waals surface area (Å²) in [4.78, 5) is 2.27. The summed E-state index contributed by atoms with van der Waals surface area (Å²) in [6.07, 6.45) is 0. The predicted molar refractivity (Wildman–Crippen MR) is 54.4 cm³/mol. The number of nitrogens with zero attached hydrogens (tertiary/aromatic N) is 1. The molecule has 1 aromatic rings. The lowest BCUT2D eigenvalue weighted by atomic mass is 10.1. The van der Waals surface area contributed by atoms with E-state index in [9.17, 15) is 0 Å². The lowest BCUT2D eigenvalue weighted by molar-refractivity contribution is 0.269. The molecule has 2 nitrogen and oxygen atoms in total. The molecule has 0 aromatic carbocycles. The summed E-state index contributed by atoms with van der Waals surface area (Å²) in [6, 6.07) is 2.65. The molecule has 0 saturated carbocycles. The van der Waals surface area contributed by atoms with Crippen LogP contribution in [0, 0.1) is 0 Å². The van der Waals surface area contributed by atoms with Crippen LogP contribution >= 0.6 is 11.3 Å². The Labute approximate surface area is 78.0 Å². The maximum Gasteiger partial charge on any atom is 0.0325 e. The van der Waals surface area contributed by atoms with Gasteiger partial charge in [0, 0.05) is 19.1 Å². The summed E-state index contributed by atoms with van der Waals surface area (Å²) < 4.78 is 0. The minimum Gasteiger partial charge on any atom is -0.329 e. The van der Waals surface area contributed by atoms with Gasteiger partial charge in [-0.2, -0.15) is 11.3 Å². The van der Waals surface area contributed by atoms with E-state index in [0.29, 0.717) is 6.04 Å². The zero-order valence-corrected chi connectivity index (χ0v) is 8.47. The van der Waals surface area contributed by atoms with Gasteiger partial charge in [0.25, 0.3) is 0 Å².